The van der Waals surface area contributed by atoms with E-state index in [9.17, 15) is 9.59 Å². The molecule has 0 saturated heterocycles. The molecule has 0 radical (unpaired) electrons. The molecule has 0 aromatic heterocycles. The van der Waals surface area contributed by atoms with Gasteiger partial charge in [0.05, 0.1) is 0 Å². The van der Waals surface area contributed by atoms with Gasteiger partial charge in [0, 0.05) is 20.3 Å². The van der Waals surface area contributed by atoms with E-state index in [1.807, 2.05) is 0 Å². The van der Waals surface area contributed by atoms with Crippen LogP contribution in [-0.2, 0) is 14.3 Å². The van der Waals surface area contributed by atoms with Crippen LogP contribution in [0.3, 0.4) is 0 Å². The quantitative estimate of drug-likeness (QED) is 0.436. The molecule has 13 heavy (non-hydrogen) atoms. The van der Waals surface area contributed by atoms with Crippen molar-refractivity contribution in [3.63, 3.8) is 0 Å². The number of hydrogen-bond donors (Lipinski definition) is 2. The predicted molar refractivity (Wildman–Crippen MR) is 46.4 cm³/mol. The van der Waals surface area contributed by atoms with Gasteiger partial charge in [-0.2, -0.15) is 0 Å². The molecule has 0 heterocycles. The van der Waals surface area contributed by atoms with Crippen LogP contribution in [0, 0.1) is 0 Å². The second-order valence-corrected chi connectivity index (χ2v) is 2.62. The van der Waals surface area contributed by atoms with Crippen LogP contribution in [0.1, 0.15) is 19.3 Å². The number of carbonyl (C=O) groups is 2. The van der Waals surface area contributed by atoms with Crippen LogP contribution >= 0.6 is 0 Å². The number of hydrogen-bond acceptors (Lipinski definition) is 3. The fourth-order valence-electron chi connectivity index (χ4n) is 0.799. The van der Waals surface area contributed by atoms with Gasteiger partial charge in [-0.3, -0.25) is 9.59 Å². The summed E-state index contributed by atoms with van der Waals surface area (Å²) in [5.74, 6) is -1.54. The fraction of sp³-hybridized carbons (Fsp3) is 0.750. The first-order chi connectivity index (χ1) is 6.16. The highest BCUT2D eigenvalue weighted by Crippen LogP contribution is 1.87. The summed E-state index contributed by atoms with van der Waals surface area (Å²) < 4.78 is 4.81. The molecule has 0 spiro atoms. The summed E-state index contributed by atoms with van der Waals surface area (Å²) in [4.78, 5) is 20.8. The lowest BCUT2D eigenvalue weighted by atomic mass is 10.3. The third kappa shape index (κ3) is 8.81. The van der Waals surface area contributed by atoms with Gasteiger partial charge in [-0.1, -0.05) is 0 Å². The summed E-state index contributed by atoms with van der Waals surface area (Å²) in [7, 11) is 1.61. The van der Waals surface area contributed by atoms with E-state index in [0.717, 1.165) is 12.8 Å². The van der Waals surface area contributed by atoms with E-state index >= 15 is 0 Å². The van der Waals surface area contributed by atoms with Gasteiger partial charge in [-0.05, 0) is 12.8 Å². The first-order valence-electron chi connectivity index (χ1n) is 4.14. The minimum absolute atomic E-state index is 0.440. The summed E-state index contributed by atoms with van der Waals surface area (Å²) in [5, 5.41) is 10.7. The molecule has 0 atom stereocenters. The number of rotatable bonds is 7. The Labute approximate surface area is 77.1 Å². The highest BCUT2D eigenvalue weighted by Gasteiger charge is 2.05. The lowest BCUT2D eigenvalue weighted by Gasteiger charge is -2.02. The Hall–Kier alpha value is -1.10. The maximum atomic E-state index is 10.8. The summed E-state index contributed by atoms with van der Waals surface area (Å²) in [6, 6.07) is 0. The van der Waals surface area contributed by atoms with E-state index in [-0.39, 0.29) is 0 Å². The molecule has 0 aromatic carbocycles. The van der Waals surface area contributed by atoms with E-state index < -0.39 is 18.3 Å². The Morgan fingerprint density at radius 1 is 1.38 bits per heavy atom. The van der Waals surface area contributed by atoms with Crippen molar-refractivity contribution in [3.05, 3.63) is 0 Å². The number of carbonyl (C=O) groups excluding carboxylic acids is 1. The Kier molecular flexibility index (Phi) is 6.91. The minimum Gasteiger partial charge on any atom is -0.481 e. The van der Waals surface area contributed by atoms with E-state index in [4.69, 9.17) is 9.84 Å². The second-order valence-electron chi connectivity index (χ2n) is 2.62. The Morgan fingerprint density at radius 3 is 2.62 bits per heavy atom. The molecule has 0 saturated carbocycles. The number of aliphatic carboxylic acids is 1. The number of amides is 1. The molecule has 0 aliphatic heterocycles. The number of unbranched alkanes of at least 4 members (excludes halogenated alkanes) is 1. The van der Waals surface area contributed by atoms with Crippen LogP contribution in [0.5, 0.6) is 0 Å². The van der Waals surface area contributed by atoms with Gasteiger partial charge in [0.1, 0.15) is 6.42 Å². The topological polar surface area (TPSA) is 75.6 Å². The molecule has 2 N–H and O–H groups in total. The molecule has 0 aliphatic carbocycles. The van der Waals surface area contributed by atoms with Gasteiger partial charge in [0.25, 0.3) is 0 Å². The van der Waals surface area contributed by atoms with Crippen LogP contribution in [0.25, 0.3) is 0 Å². The van der Waals surface area contributed by atoms with Crippen molar-refractivity contribution >= 4 is 11.9 Å². The van der Waals surface area contributed by atoms with Gasteiger partial charge in [-0.25, -0.2) is 0 Å². The second kappa shape index (κ2) is 7.54. The van der Waals surface area contributed by atoms with Crippen molar-refractivity contribution in [2.45, 2.75) is 19.3 Å². The van der Waals surface area contributed by atoms with Crippen molar-refractivity contribution < 1.29 is 19.4 Å². The number of ether oxygens (including phenoxy) is 1. The van der Waals surface area contributed by atoms with E-state index in [1.165, 1.54) is 0 Å². The maximum Gasteiger partial charge on any atom is 0.312 e. The Balaban J connectivity index is 3.22. The van der Waals surface area contributed by atoms with Gasteiger partial charge in [0.2, 0.25) is 5.91 Å². The van der Waals surface area contributed by atoms with E-state index in [1.54, 1.807) is 7.11 Å². The van der Waals surface area contributed by atoms with Crippen LogP contribution in [-0.4, -0.2) is 37.2 Å². The molecular weight excluding hydrogens is 174 g/mol. The van der Waals surface area contributed by atoms with Crippen molar-refractivity contribution in [2.75, 3.05) is 20.3 Å². The number of carboxylic acid groups (broad SMARTS) is 1. The third-order valence-corrected chi connectivity index (χ3v) is 1.41. The summed E-state index contributed by atoms with van der Waals surface area (Å²) in [5.41, 5.74) is 0. The summed E-state index contributed by atoms with van der Waals surface area (Å²) in [6.07, 6.45) is 1.22. The van der Waals surface area contributed by atoms with Crippen LogP contribution in [0.4, 0.5) is 0 Å². The van der Waals surface area contributed by atoms with Crippen molar-refractivity contribution in [2.24, 2.45) is 0 Å². The van der Waals surface area contributed by atoms with Crippen molar-refractivity contribution in [1.82, 2.24) is 5.32 Å². The Bertz CT molecular complexity index is 170. The third-order valence-electron chi connectivity index (χ3n) is 1.41. The molecule has 5 nitrogen and oxygen atoms in total. The zero-order chi connectivity index (χ0) is 10.1. The molecule has 0 bridgehead atoms. The molecule has 0 aliphatic rings. The summed E-state index contributed by atoms with van der Waals surface area (Å²) in [6.45, 7) is 1.17. The largest absolute Gasteiger partial charge is 0.481 e. The average Bonchev–Trinajstić information content (AvgIpc) is 2.02. The number of nitrogens with one attached hydrogen (secondary N) is 1. The van der Waals surface area contributed by atoms with Crippen LogP contribution in [0.2, 0.25) is 0 Å². The standard InChI is InChI=1S/C8H15NO4/c1-13-5-3-2-4-9-7(10)6-8(11)12/h2-6H2,1H3,(H,9,10)(H,11,12). The maximum absolute atomic E-state index is 10.8. The monoisotopic (exact) mass is 189 g/mol. The molecule has 76 valence electrons. The zero-order valence-corrected chi connectivity index (χ0v) is 7.71. The predicted octanol–water partition coefficient (Wildman–Crippen LogP) is 0.00390. The lowest BCUT2D eigenvalue weighted by Crippen LogP contribution is -2.26. The normalized spacial score (nSPS) is 9.62. The molecule has 0 rings (SSSR count). The molecular formula is C8H15NO4. The number of methoxy groups -OCH3 is 1. The van der Waals surface area contributed by atoms with Gasteiger partial charge < -0.3 is 15.2 Å². The van der Waals surface area contributed by atoms with E-state index in [0.29, 0.717) is 13.2 Å². The van der Waals surface area contributed by atoms with Crippen LogP contribution in [0.15, 0.2) is 0 Å². The average molecular weight is 189 g/mol. The molecule has 5 heteroatoms. The zero-order valence-electron chi connectivity index (χ0n) is 7.71. The molecule has 0 fully saturated rings. The first-order valence-corrected chi connectivity index (χ1v) is 4.14. The van der Waals surface area contributed by atoms with E-state index in [2.05, 4.69) is 5.32 Å². The highest BCUT2D eigenvalue weighted by atomic mass is 16.5. The SMILES string of the molecule is COCCCCNC(=O)CC(=O)O. The smallest absolute Gasteiger partial charge is 0.312 e. The molecule has 0 aromatic rings. The lowest BCUT2D eigenvalue weighted by molar-refractivity contribution is -0.140. The molecule has 1 amide bonds. The van der Waals surface area contributed by atoms with Gasteiger partial charge >= 0.3 is 5.97 Å². The fourth-order valence-corrected chi connectivity index (χ4v) is 0.799. The molecule has 0 unspecified atom stereocenters. The minimum atomic E-state index is -1.10. The van der Waals surface area contributed by atoms with Gasteiger partial charge in [0.15, 0.2) is 0 Å². The van der Waals surface area contributed by atoms with Gasteiger partial charge in [-0.15, -0.1) is 0 Å². The Morgan fingerprint density at radius 2 is 2.08 bits per heavy atom. The number of carboxylic acids is 1. The first kappa shape index (κ1) is 11.9. The van der Waals surface area contributed by atoms with Crippen molar-refractivity contribution in [3.8, 4) is 0 Å². The van der Waals surface area contributed by atoms with Crippen molar-refractivity contribution in [1.29, 1.82) is 0 Å². The van der Waals surface area contributed by atoms with Crippen LogP contribution < -0.4 is 5.32 Å². The highest BCUT2D eigenvalue weighted by molar-refractivity contribution is 5.93. The summed E-state index contributed by atoms with van der Waals surface area (Å²) >= 11 is 0.